The number of hydrogen-bond acceptors (Lipinski definition) is 1. The van der Waals surface area contributed by atoms with Gasteiger partial charge in [-0.1, -0.05) is 13.8 Å². The molecular formula is C14H18FNO. The standard InChI is InChI=1S/C14H18FNO/c1-9-6-12(15)4-5-13(9)14(17)16-7-10(2)11(3)8-16/h4-6,10-11H,7-8H2,1-3H3. The second-order valence-electron chi connectivity index (χ2n) is 5.12. The van der Waals surface area contributed by atoms with E-state index in [0.717, 1.165) is 13.1 Å². The van der Waals surface area contributed by atoms with Crippen LogP contribution in [0.15, 0.2) is 18.2 Å². The lowest BCUT2D eigenvalue weighted by atomic mass is 10.0. The van der Waals surface area contributed by atoms with Crippen molar-refractivity contribution in [3.05, 3.63) is 35.1 Å². The van der Waals surface area contributed by atoms with Crippen LogP contribution in [0.4, 0.5) is 4.39 Å². The first-order chi connectivity index (χ1) is 7.99. The third kappa shape index (κ3) is 2.33. The number of carbonyl (C=O) groups is 1. The van der Waals surface area contributed by atoms with Crippen molar-refractivity contribution in [1.29, 1.82) is 0 Å². The number of aryl methyl sites for hydroxylation is 1. The summed E-state index contributed by atoms with van der Waals surface area (Å²) < 4.78 is 13.0. The van der Waals surface area contributed by atoms with Crippen molar-refractivity contribution < 1.29 is 9.18 Å². The number of halogens is 1. The molecule has 1 heterocycles. The highest BCUT2D eigenvalue weighted by Crippen LogP contribution is 2.24. The van der Waals surface area contributed by atoms with E-state index in [-0.39, 0.29) is 11.7 Å². The van der Waals surface area contributed by atoms with Gasteiger partial charge in [0, 0.05) is 18.7 Å². The fourth-order valence-electron chi connectivity index (χ4n) is 2.33. The number of amides is 1. The van der Waals surface area contributed by atoms with Gasteiger partial charge in [0.1, 0.15) is 5.82 Å². The van der Waals surface area contributed by atoms with Crippen molar-refractivity contribution in [1.82, 2.24) is 4.90 Å². The van der Waals surface area contributed by atoms with Crippen LogP contribution in [0.3, 0.4) is 0 Å². The Morgan fingerprint density at radius 1 is 1.29 bits per heavy atom. The number of hydrogen-bond donors (Lipinski definition) is 0. The van der Waals surface area contributed by atoms with E-state index >= 15 is 0 Å². The zero-order valence-electron chi connectivity index (χ0n) is 10.5. The molecule has 2 unspecified atom stereocenters. The molecule has 1 aromatic rings. The summed E-state index contributed by atoms with van der Waals surface area (Å²) in [6, 6.07) is 4.35. The van der Waals surface area contributed by atoms with Crippen LogP contribution in [0.25, 0.3) is 0 Å². The lowest BCUT2D eigenvalue weighted by Crippen LogP contribution is -2.29. The molecule has 17 heavy (non-hydrogen) atoms. The normalized spacial score (nSPS) is 24.1. The molecule has 1 aliphatic heterocycles. The summed E-state index contributed by atoms with van der Waals surface area (Å²) in [7, 11) is 0. The smallest absolute Gasteiger partial charge is 0.254 e. The molecule has 0 radical (unpaired) electrons. The van der Waals surface area contributed by atoms with E-state index in [4.69, 9.17) is 0 Å². The van der Waals surface area contributed by atoms with Gasteiger partial charge in [-0.25, -0.2) is 4.39 Å². The summed E-state index contributed by atoms with van der Waals surface area (Å²) in [5.74, 6) is 0.820. The van der Waals surface area contributed by atoms with Crippen molar-refractivity contribution >= 4 is 5.91 Å². The Kier molecular flexibility index (Phi) is 3.18. The Balaban J connectivity index is 2.20. The molecule has 0 N–H and O–H groups in total. The van der Waals surface area contributed by atoms with Crippen LogP contribution >= 0.6 is 0 Å². The average molecular weight is 235 g/mol. The van der Waals surface area contributed by atoms with Gasteiger partial charge in [-0.2, -0.15) is 0 Å². The Hall–Kier alpha value is -1.38. The zero-order valence-corrected chi connectivity index (χ0v) is 10.5. The maximum atomic E-state index is 13.0. The van der Waals surface area contributed by atoms with Gasteiger partial charge < -0.3 is 4.90 Å². The highest BCUT2D eigenvalue weighted by atomic mass is 19.1. The SMILES string of the molecule is Cc1cc(F)ccc1C(=O)N1CC(C)C(C)C1. The topological polar surface area (TPSA) is 20.3 Å². The Morgan fingerprint density at radius 2 is 1.88 bits per heavy atom. The molecule has 0 bridgehead atoms. The maximum Gasteiger partial charge on any atom is 0.254 e. The summed E-state index contributed by atoms with van der Waals surface area (Å²) in [5.41, 5.74) is 1.33. The molecule has 2 nitrogen and oxygen atoms in total. The van der Waals surface area contributed by atoms with Gasteiger partial charge >= 0.3 is 0 Å². The highest BCUT2D eigenvalue weighted by Gasteiger charge is 2.30. The molecule has 0 spiro atoms. The van der Waals surface area contributed by atoms with Crippen LogP contribution in [-0.2, 0) is 0 Å². The minimum absolute atomic E-state index is 0.0266. The van der Waals surface area contributed by atoms with Crippen LogP contribution in [0.2, 0.25) is 0 Å². The first-order valence-electron chi connectivity index (χ1n) is 6.04. The van der Waals surface area contributed by atoms with Crippen molar-refractivity contribution in [2.24, 2.45) is 11.8 Å². The molecule has 0 aromatic heterocycles. The average Bonchev–Trinajstić information content (AvgIpc) is 2.58. The fourth-order valence-corrected chi connectivity index (χ4v) is 2.33. The Bertz CT molecular complexity index is 434. The zero-order chi connectivity index (χ0) is 12.6. The van der Waals surface area contributed by atoms with Gasteiger partial charge in [-0.05, 0) is 42.5 Å². The largest absolute Gasteiger partial charge is 0.338 e. The van der Waals surface area contributed by atoms with Gasteiger partial charge in [-0.3, -0.25) is 4.79 Å². The summed E-state index contributed by atoms with van der Waals surface area (Å²) in [6.07, 6.45) is 0. The lowest BCUT2D eigenvalue weighted by Gasteiger charge is -2.17. The van der Waals surface area contributed by atoms with E-state index < -0.39 is 0 Å². The summed E-state index contributed by atoms with van der Waals surface area (Å²) in [4.78, 5) is 14.1. The predicted molar refractivity (Wildman–Crippen MR) is 65.4 cm³/mol. The molecule has 92 valence electrons. The lowest BCUT2D eigenvalue weighted by molar-refractivity contribution is 0.0784. The summed E-state index contributed by atoms with van der Waals surface area (Å²) in [5, 5.41) is 0. The van der Waals surface area contributed by atoms with Crippen LogP contribution in [0.5, 0.6) is 0 Å². The van der Waals surface area contributed by atoms with Crippen molar-refractivity contribution in [2.75, 3.05) is 13.1 Å². The number of benzene rings is 1. The third-order valence-corrected chi connectivity index (χ3v) is 3.69. The monoisotopic (exact) mass is 235 g/mol. The third-order valence-electron chi connectivity index (χ3n) is 3.69. The number of nitrogens with zero attached hydrogens (tertiary/aromatic N) is 1. The van der Waals surface area contributed by atoms with E-state index in [2.05, 4.69) is 13.8 Å². The van der Waals surface area contributed by atoms with Gasteiger partial charge in [-0.15, -0.1) is 0 Å². The summed E-state index contributed by atoms with van der Waals surface area (Å²) >= 11 is 0. The quantitative estimate of drug-likeness (QED) is 0.733. The van der Waals surface area contributed by atoms with Gasteiger partial charge in [0.2, 0.25) is 0 Å². The molecule has 1 fully saturated rings. The molecule has 3 heteroatoms. The maximum absolute atomic E-state index is 13.0. The first kappa shape index (κ1) is 12.1. The van der Waals surface area contributed by atoms with Gasteiger partial charge in [0.25, 0.3) is 5.91 Å². The second-order valence-corrected chi connectivity index (χ2v) is 5.12. The van der Waals surface area contributed by atoms with E-state index in [1.165, 1.54) is 12.1 Å². The van der Waals surface area contributed by atoms with Crippen LogP contribution < -0.4 is 0 Å². The molecule has 1 aliphatic rings. The van der Waals surface area contributed by atoms with E-state index in [0.29, 0.717) is 23.0 Å². The van der Waals surface area contributed by atoms with Gasteiger partial charge in [0.05, 0.1) is 0 Å². The van der Waals surface area contributed by atoms with Gasteiger partial charge in [0.15, 0.2) is 0 Å². The minimum Gasteiger partial charge on any atom is -0.338 e. The molecule has 1 amide bonds. The predicted octanol–water partition coefficient (Wildman–Crippen LogP) is 2.86. The summed E-state index contributed by atoms with van der Waals surface area (Å²) in [6.45, 7) is 7.71. The molecular weight excluding hydrogens is 217 g/mol. The van der Waals surface area contributed by atoms with Crippen LogP contribution in [-0.4, -0.2) is 23.9 Å². The van der Waals surface area contributed by atoms with Crippen molar-refractivity contribution in [3.8, 4) is 0 Å². The Labute approximate surface area is 101 Å². The van der Waals surface area contributed by atoms with E-state index in [1.54, 1.807) is 13.0 Å². The number of rotatable bonds is 1. The molecule has 1 aromatic carbocycles. The minimum atomic E-state index is -0.290. The van der Waals surface area contributed by atoms with Crippen LogP contribution in [0, 0.1) is 24.6 Å². The highest BCUT2D eigenvalue weighted by molar-refractivity contribution is 5.95. The Morgan fingerprint density at radius 3 is 2.41 bits per heavy atom. The van der Waals surface area contributed by atoms with E-state index in [9.17, 15) is 9.18 Å². The number of likely N-dealkylation sites (tertiary alicyclic amines) is 1. The molecule has 2 rings (SSSR count). The molecule has 1 saturated heterocycles. The van der Waals surface area contributed by atoms with E-state index in [1.807, 2.05) is 4.90 Å². The fraction of sp³-hybridized carbons (Fsp3) is 0.500. The molecule has 2 atom stereocenters. The van der Waals surface area contributed by atoms with Crippen LogP contribution in [0.1, 0.15) is 29.8 Å². The van der Waals surface area contributed by atoms with Crippen molar-refractivity contribution in [2.45, 2.75) is 20.8 Å². The molecule has 0 saturated carbocycles. The molecule has 0 aliphatic carbocycles. The first-order valence-corrected chi connectivity index (χ1v) is 6.04. The number of carbonyl (C=O) groups excluding carboxylic acids is 1. The second kappa shape index (κ2) is 4.47. The van der Waals surface area contributed by atoms with Crippen molar-refractivity contribution in [3.63, 3.8) is 0 Å².